The van der Waals surface area contributed by atoms with E-state index in [1.54, 1.807) is 17.0 Å². The number of amides is 2. The predicted octanol–water partition coefficient (Wildman–Crippen LogP) is 1.71. The summed E-state index contributed by atoms with van der Waals surface area (Å²) < 4.78 is 11.3. The van der Waals surface area contributed by atoms with Gasteiger partial charge in [0.1, 0.15) is 6.10 Å². The van der Waals surface area contributed by atoms with E-state index in [1.807, 2.05) is 13.8 Å². The summed E-state index contributed by atoms with van der Waals surface area (Å²) in [6, 6.07) is 3.35. The van der Waals surface area contributed by atoms with Gasteiger partial charge in [0.15, 0.2) is 5.76 Å². The lowest BCUT2D eigenvalue weighted by Gasteiger charge is -2.53. The van der Waals surface area contributed by atoms with E-state index in [-0.39, 0.29) is 17.2 Å². The molecule has 0 aromatic carbocycles. The summed E-state index contributed by atoms with van der Waals surface area (Å²) >= 11 is 0. The van der Waals surface area contributed by atoms with Gasteiger partial charge in [-0.3, -0.25) is 9.59 Å². The first-order valence-electron chi connectivity index (χ1n) is 9.76. The van der Waals surface area contributed by atoms with Crippen molar-refractivity contribution < 1.29 is 23.8 Å². The zero-order chi connectivity index (χ0) is 19.3. The van der Waals surface area contributed by atoms with Gasteiger partial charge in [-0.1, -0.05) is 6.92 Å². The van der Waals surface area contributed by atoms with Crippen LogP contribution in [0.3, 0.4) is 0 Å². The summed E-state index contributed by atoms with van der Waals surface area (Å²) in [4.78, 5) is 26.8. The zero-order valence-electron chi connectivity index (χ0n) is 16.0. The summed E-state index contributed by atoms with van der Waals surface area (Å²) in [5.41, 5.74) is -1.73. The maximum Gasteiger partial charge on any atom is 0.289 e. The van der Waals surface area contributed by atoms with Crippen LogP contribution in [0.2, 0.25) is 0 Å². The van der Waals surface area contributed by atoms with Gasteiger partial charge in [0, 0.05) is 25.1 Å². The number of carbonyl (C=O) groups is 2. The number of aliphatic hydroxyl groups is 1. The highest BCUT2D eigenvalue weighted by Crippen LogP contribution is 2.46. The third-order valence-corrected chi connectivity index (χ3v) is 6.69. The maximum absolute atomic E-state index is 12.6. The molecule has 7 heteroatoms. The van der Waals surface area contributed by atoms with Gasteiger partial charge in [0.2, 0.25) is 5.91 Å². The van der Waals surface area contributed by atoms with Gasteiger partial charge in [-0.15, -0.1) is 0 Å². The van der Waals surface area contributed by atoms with E-state index >= 15 is 0 Å². The molecule has 148 valence electrons. The van der Waals surface area contributed by atoms with Crippen LogP contribution in [0.4, 0.5) is 0 Å². The number of hydrogen-bond acceptors (Lipinski definition) is 5. The first kappa shape index (κ1) is 18.5. The molecule has 0 bridgehead atoms. The van der Waals surface area contributed by atoms with E-state index in [9.17, 15) is 14.7 Å². The first-order chi connectivity index (χ1) is 12.8. The smallest absolute Gasteiger partial charge is 0.289 e. The summed E-state index contributed by atoms with van der Waals surface area (Å²) in [6.45, 7) is 5.32. The lowest BCUT2D eigenvalue weighted by atomic mass is 9.73. The third-order valence-electron chi connectivity index (χ3n) is 6.69. The molecule has 2 atom stereocenters. The number of furan rings is 1. The summed E-state index contributed by atoms with van der Waals surface area (Å²) in [5, 5.41) is 14.3. The average molecular weight is 376 g/mol. The summed E-state index contributed by atoms with van der Waals surface area (Å²) in [5.74, 6) is 0.204. The average Bonchev–Trinajstić information content (AvgIpc) is 3.19. The summed E-state index contributed by atoms with van der Waals surface area (Å²) in [6.07, 6.45) is 4.11. The Bertz CT molecular complexity index is 719. The van der Waals surface area contributed by atoms with E-state index in [4.69, 9.17) is 9.15 Å². The quantitative estimate of drug-likeness (QED) is 0.838. The molecule has 1 aromatic heterocycles. The van der Waals surface area contributed by atoms with Crippen LogP contribution in [-0.2, 0) is 9.53 Å². The fourth-order valence-corrected chi connectivity index (χ4v) is 4.28. The largest absolute Gasteiger partial charge is 0.459 e. The number of nitrogens with zero attached hydrogens (tertiary/aromatic N) is 1. The van der Waals surface area contributed by atoms with Crippen LogP contribution in [0.25, 0.3) is 0 Å². The van der Waals surface area contributed by atoms with E-state index in [0.29, 0.717) is 44.7 Å². The molecule has 3 aliphatic rings. The number of ether oxygens (including phenoxy) is 1. The van der Waals surface area contributed by atoms with Crippen LogP contribution >= 0.6 is 0 Å². The van der Waals surface area contributed by atoms with Gasteiger partial charge in [-0.25, -0.2) is 0 Å². The Hall–Kier alpha value is -1.86. The van der Waals surface area contributed by atoms with Crippen LogP contribution in [0, 0.1) is 5.41 Å². The van der Waals surface area contributed by atoms with Crippen molar-refractivity contribution in [3.8, 4) is 0 Å². The second-order valence-electron chi connectivity index (χ2n) is 8.77. The zero-order valence-corrected chi connectivity index (χ0v) is 16.0. The second kappa shape index (κ2) is 6.34. The first-order valence-corrected chi connectivity index (χ1v) is 9.76. The van der Waals surface area contributed by atoms with Crippen LogP contribution in [0.1, 0.15) is 56.5 Å². The Morgan fingerprint density at radius 1 is 1.19 bits per heavy atom. The van der Waals surface area contributed by atoms with Crippen molar-refractivity contribution in [3.63, 3.8) is 0 Å². The fraction of sp³-hybridized carbons (Fsp3) is 0.700. The van der Waals surface area contributed by atoms with Crippen molar-refractivity contribution in [1.29, 1.82) is 0 Å². The Kier molecular flexibility index (Phi) is 4.35. The molecular weight excluding hydrogens is 348 g/mol. The van der Waals surface area contributed by atoms with E-state index in [0.717, 1.165) is 12.8 Å². The number of carbonyl (C=O) groups excluding carboxylic acids is 2. The van der Waals surface area contributed by atoms with E-state index < -0.39 is 17.2 Å². The fourth-order valence-electron chi connectivity index (χ4n) is 4.28. The SMILES string of the molecule is CC1(C(=O)N[C@]2(C)CCOC3(CCN(C(=O)c4ccco4)CC3)[C@H]2O)CC1. The number of nitrogens with one attached hydrogen (secondary N) is 1. The number of rotatable bonds is 3. The molecule has 0 radical (unpaired) electrons. The molecular formula is C20H28N2O5. The van der Waals surface area contributed by atoms with Crippen molar-refractivity contribution in [3.05, 3.63) is 24.2 Å². The molecule has 2 amide bonds. The second-order valence-corrected chi connectivity index (χ2v) is 8.77. The molecule has 3 fully saturated rings. The van der Waals surface area contributed by atoms with Crippen molar-refractivity contribution in [2.24, 2.45) is 5.41 Å². The molecule has 2 N–H and O–H groups in total. The van der Waals surface area contributed by atoms with Crippen LogP contribution in [0.15, 0.2) is 22.8 Å². The monoisotopic (exact) mass is 376 g/mol. The van der Waals surface area contributed by atoms with Crippen LogP contribution in [-0.4, -0.2) is 58.8 Å². The van der Waals surface area contributed by atoms with Crippen LogP contribution < -0.4 is 5.32 Å². The Balaban J connectivity index is 1.44. The predicted molar refractivity (Wildman–Crippen MR) is 97.0 cm³/mol. The van der Waals surface area contributed by atoms with E-state index in [1.165, 1.54) is 6.26 Å². The Labute approximate surface area is 159 Å². The molecule has 2 saturated heterocycles. The van der Waals surface area contributed by atoms with Crippen LogP contribution in [0.5, 0.6) is 0 Å². The topological polar surface area (TPSA) is 92.0 Å². The number of piperidine rings is 1. The minimum atomic E-state index is -0.814. The highest BCUT2D eigenvalue weighted by molar-refractivity contribution is 5.91. The molecule has 0 unspecified atom stereocenters. The van der Waals surface area contributed by atoms with Crippen molar-refractivity contribution in [1.82, 2.24) is 10.2 Å². The molecule has 3 heterocycles. The highest BCUT2D eigenvalue weighted by Gasteiger charge is 2.56. The molecule has 1 spiro atoms. The molecule has 1 aliphatic carbocycles. The van der Waals surface area contributed by atoms with E-state index in [2.05, 4.69) is 5.32 Å². The molecule has 1 aromatic rings. The van der Waals surface area contributed by atoms with Gasteiger partial charge in [0.05, 0.1) is 17.4 Å². The lowest BCUT2D eigenvalue weighted by molar-refractivity contribution is -0.206. The molecule has 1 saturated carbocycles. The number of likely N-dealkylation sites (tertiary alicyclic amines) is 1. The molecule has 7 nitrogen and oxygen atoms in total. The number of hydrogen-bond donors (Lipinski definition) is 2. The van der Waals surface area contributed by atoms with Gasteiger partial charge in [-0.2, -0.15) is 0 Å². The minimum Gasteiger partial charge on any atom is -0.459 e. The van der Waals surface area contributed by atoms with Gasteiger partial charge in [-0.05, 0) is 51.2 Å². The minimum absolute atomic E-state index is 0.0199. The molecule has 27 heavy (non-hydrogen) atoms. The highest BCUT2D eigenvalue weighted by atomic mass is 16.5. The third kappa shape index (κ3) is 3.17. The molecule has 2 aliphatic heterocycles. The van der Waals surface area contributed by atoms with Crippen molar-refractivity contribution in [2.75, 3.05) is 19.7 Å². The maximum atomic E-state index is 12.6. The summed E-state index contributed by atoms with van der Waals surface area (Å²) in [7, 11) is 0. The Morgan fingerprint density at radius 2 is 1.89 bits per heavy atom. The number of aliphatic hydroxyl groups excluding tert-OH is 1. The standard InChI is InChI=1S/C20H28N2O5/c1-18(5-6-18)17(25)21-19(2)9-13-27-20(16(19)24)7-10-22(11-8-20)15(23)14-4-3-12-26-14/h3-4,12,16,24H,5-11,13H2,1-2H3,(H,21,25)/t16-,19+/m0/s1. The van der Waals surface area contributed by atoms with Crippen molar-refractivity contribution in [2.45, 2.75) is 63.2 Å². The van der Waals surface area contributed by atoms with Crippen molar-refractivity contribution >= 4 is 11.8 Å². The normalized spacial score (nSPS) is 31.5. The van der Waals surface area contributed by atoms with Gasteiger partial charge < -0.3 is 24.5 Å². The van der Waals surface area contributed by atoms with Gasteiger partial charge >= 0.3 is 0 Å². The lowest BCUT2D eigenvalue weighted by Crippen LogP contribution is -2.69. The Morgan fingerprint density at radius 3 is 2.48 bits per heavy atom. The molecule has 4 rings (SSSR count). The van der Waals surface area contributed by atoms with Gasteiger partial charge in [0.25, 0.3) is 5.91 Å².